The molecule has 1 aromatic heterocycles. The molecule has 26 heavy (non-hydrogen) atoms. The Hall–Kier alpha value is -2.29. The zero-order chi connectivity index (χ0) is 18.7. The summed E-state index contributed by atoms with van der Waals surface area (Å²) < 4.78 is 28.7. The summed E-state index contributed by atoms with van der Waals surface area (Å²) in [6.45, 7) is 0. The lowest BCUT2D eigenvalue weighted by Crippen LogP contribution is -2.16. The lowest BCUT2D eigenvalue weighted by atomic mass is 10.1. The van der Waals surface area contributed by atoms with Crippen LogP contribution >= 0.6 is 23.6 Å². The molecule has 0 spiro atoms. The van der Waals surface area contributed by atoms with Crippen molar-refractivity contribution in [1.29, 1.82) is 0 Å². The monoisotopic (exact) mass is 403 g/mol. The van der Waals surface area contributed by atoms with E-state index in [1.165, 1.54) is 0 Å². The molecule has 0 aliphatic carbocycles. The summed E-state index contributed by atoms with van der Waals surface area (Å²) in [4.78, 5) is 6.46. The molecule has 0 bridgehead atoms. The van der Waals surface area contributed by atoms with Crippen molar-refractivity contribution < 1.29 is 8.42 Å². The minimum absolute atomic E-state index is 0.195. The van der Waals surface area contributed by atoms with Gasteiger partial charge in [-0.3, -0.25) is 4.72 Å². The van der Waals surface area contributed by atoms with E-state index in [4.69, 9.17) is 12.2 Å². The van der Waals surface area contributed by atoms with Gasteiger partial charge in [-0.1, -0.05) is 59.9 Å². The molecule has 5 nitrogen and oxygen atoms in total. The molecule has 0 aliphatic heterocycles. The SMILES string of the molecule is CN(C)c1nc(=S)sc(NS(=O)(=O)c2ccccc2)c1-c1ccccc1. The maximum absolute atomic E-state index is 12.8. The molecular formula is C18H17N3O2S3. The zero-order valence-corrected chi connectivity index (χ0v) is 16.7. The Kier molecular flexibility index (Phi) is 5.36. The fourth-order valence-corrected chi connectivity index (χ4v) is 4.88. The first kappa shape index (κ1) is 18.5. The van der Waals surface area contributed by atoms with Crippen LogP contribution in [0.5, 0.6) is 0 Å². The van der Waals surface area contributed by atoms with Crippen molar-refractivity contribution >= 4 is 44.4 Å². The van der Waals surface area contributed by atoms with E-state index in [-0.39, 0.29) is 4.90 Å². The van der Waals surface area contributed by atoms with Crippen molar-refractivity contribution in [3.63, 3.8) is 0 Å². The smallest absolute Gasteiger partial charge is 0.262 e. The molecule has 134 valence electrons. The molecule has 1 heterocycles. The van der Waals surface area contributed by atoms with Crippen molar-refractivity contribution in [3.8, 4) is 11.1 Å². The number of nitrogens with one attached hydrogen (secondary N) is 1. The van der Waals surface area contributed by atoms with Crippen LogP contribution in [0.1, 0.15) is 0 Å². The maximum Gasteiger partial charge on any atom is 0.262 e. The predicted octanol–water partition coefficient (Wildman–Crippen LogP) is 4.41. The van der Waals surface area contributed by atoms with Gasteiger partial charge in [0.2, 0.25) is 0 Å². The quantitative estimate of drug-likeness (QED) is 0.640. The number of benzene rings is 2. The third kappa shape index (κ3) is 3.92. The average Bonchev–Trinajstić information content (AvgIpc) is 2.62. The molecule has 0 radical (unpaired) electrons. The van der Waals surface area contributed by atoms with Crippen LogP contribution in [0.15, 0.2) is 65.6 Å². The molecule has 0 amide bonds. The van der Waals surface area contributed by atoms with Gasteiger partial charge in [0, 0.05) is 14.1 Å². The van der Waals surface area contributed by atoms with Crippen molar-refractivity contribution in [3.05, 3.63) is 64.6 Å². The summed E-state index contributed by atoms with van der Waals surface area (Å²) in [6, 6.07) is 17.8. The number of hydrogen-bond acceptors (Lipinski definition) is 6. The Morgan fingerprint density at radius 1 is 1.00 bits per heavy atom. The van der Waals surface area contributed by atoms with Crippen LogP contribution < -0.4 is 9.62 Å². The topological polar surface area (TPSA) is 62.3 Å². The Labute approximate surface area is 162 Å². The van der Waals surface area contributed by atoms with Crippen molar-refractivity contribution in [2.24, 2.45) is 0 Å². The molecule has 0 aliphatic rings. The molecule has 0 fully saturated rings. The van der Waals surface area contributed by atoms with Gasteiger partial charge < -0.3 is 4.90 Å². The largest absolute Gasteiger partial charge is 0.362 e. The van der Waals surface area contributed by atoms with E-state index in [1.807, 2.05) is 49.3 Å². The number of sulfonamides is 1. The Morgan fingerprint density at radius 2 is 1.58 bits per heavy atom. The standard InChI is InChI=1S/C18H17N3O2S3/c1-21(2)16-15(13-9-5-3-6-10-13)17(25-18(24)19-16)20-26(22,23)14-11-7-4-8-12-14/h3-12,20H,1-2H3. The first-order chi connectivity index (χ1) is 12.4. The molecule has 8 heteroatoms. The van der Waals surface area contributed by atoms with Gasteiger partial charge in [-0.05, 0) is 29.9 Å². The molecule has 3 rings (SSSR count). The molecular weight excluding hydrogens is 386 g/mol. The number of rotatable bonds is 5. The van der Waals surface area contributed by atoms with Crippen LogP contribution in [0.2, 0.25) is 0 Å². The summed E-state index contributed by atoms with van der Waals surface area (Å²) in [6.07, 6.45) is 0. The number of nitrogens with zero attached hydrogens (tertiary/aromatic N) is 2. The van der Waals surface area contributed by atoms with Gasteiger partial charge in [-0.2, -0.15) is 0 Å². The van der Waals surface area contributed by atoms with Gasteiger partial charge >= 0.3 is 0 Å². The summed E-state index contributed by atoms with van der Waals surface area (Å²) in [7, 11) is -0.0335. The summed E-state index contributed by atoms with van der Waals surface area (Å²) in [5.41, 5.74) is 1.56. The molecule has 0 saturated heterocycles. The van der Waals surface area contributed by atoms with Gasteiger partial charge in [0.05, 0.1) is 10.5 Å². The normalized spacial score (nSPS) is 11.2. The molecule has 0 atom stereocenters. The van der Waals surface area contributed by atoms with E-state index in [1.54, 1.807) is 30.3 Å². The first-order valence-corrected chi connectivity index (χ1v) is 10.4. The van der Waals surface area contributed by atoms with Crippen molar-refractivity contribution in [2.45, 2.75) is 4.90 Å². The van der Waals surface area contributed by atoms with E-state index in [0.717, 1.165) is 16.9 Å². The molecule has 1 N–H and O–H groups in total. The average molecular weight is 404 g/mol. The minimum atomic E-state index is -3.74. The number of aromatic nitrogens is 1. The lowest BCUT2D eigenvalue weighted by Gasteiger charge is -2.19. The third-order valence-corrected chi connectivity index (χ3v) is 6.22. The third-order valence-electron chi connectivity index (χ3n) is 3.60. The highest BCUT2D eigenvalue weighted by atomic mass is 32.2. The number of anilines is 2. The highest BCUT2D eigenvalue weighted by Gasteiger charge is 2.21. The Bertz CT molecular complexity index is 1060. The van der Waals surface area contributed by atoms with E-state index in [9.17, 15) is 8.42 Å². The van der Waals surface area contributed by atoms with Crippen LogP contribution in [-0.4, -0.2) is 27.5 Å². The maximum atomic E-state index is 12.8. The van der Waals surface area contributed by atoms with Gasteiger partial charge in [-0.15, -0.1) is 0 Å². The van der Waals surface area contributed by atoms with Crippen LogP contribution in [0.25, 0.3) is 11.1 Å². The van der Waals surface area contributed by atoms with E-state index < -0.39 is 10.0 Å². The molecule has 3 aromatic rings. The van der Waals surface area contributed by atoms with Crippen LogP contribution in [0.4, 0.5) is 10.8 Å². The zero-order valence-electron chi connectivity index (χ0n) is 14.2. The van der Waals surface area contributed by atoms with Crippen molar-refractivity contribution in [1.82, 2.24) is 4.98 Å². The highest BCUT2D eigenvalue weighted by Crippen LogP contribution is 2.39. The molecule has 2 aromatic carbocycles. The predicted molar refractivity (Wildman–Crippen MR) is 110 cm³/mol. The van der Waals surface area contributed by atoms with E-state index in [0.29, 0.717) is 20.3 Å². The fourth-order valence-electron chi connectivity index (χ4n) is 2.45. The second kappa shape index (κ2) is 7.53. The molecule has 0 saturated carbocycles. The Balaban J connectivity index is 2.20. The molecule has 0 unspecified atom stereocenters. The second-order valence-corrected chi connectivity index (χ2v) is 9.01. The second-order valence-electron chi connectivity index (χ2n) is 5.69. The van der Waals surface area contributed by atoms with Gasteiger partial charge in [-0.25, -0.2) is 13.4 Å². The van der Waals surface area contributed by atoms with Crippen LogP contribution in [0, 0.1) is 3.95 Å². The minimum Gasteiger partial charge on any atom is -0.362 e. The van der Waals surface area contributed by atoms with Crippen LogP contribution in [0.3, 0.4) is 0 Å². The fraction of sp³-hybridized carbons (Fsp3) is 0.111. The summed E-state index contributed by atoms with van der Waals surface area (Å²) >= 11 is 6.41. The van der Waals surface area contributed by atoms with Gasteiger partial charge in [0.15, 0.2) is 3.95 Å². The van der Waals surface area contributed by atoms with Gasteiger partial charge in [0.1, 0.15) is 10.8 Å². The van der Waals surface area contributed by atoms with Crippen LogP contribution in [-0.2, 0) is 10.0 Å². The summed E-state index contributed by atoms with van der Waals surface area (Å²) in [5.74, 6) is 0.616. The lowest BCUT2D eigenvalue weighted by molar-refractivity contribution is 0.601. The van der Waals surface area contributed by atoms with E-state index in [2.05, 4.69) is 9.71 Å². The van der Waals surface area contributed by atoms with Crippen molar-refractivity contribution in [2.75, 3.05) is 23.7 Å². The number of hydrogen-bond donors (Lipinski definition) is 1. The van der Waals surface area contributed by atoms with Gasteiger partial charge in [0.25, 0.3) is 10.0 Å². The Morgan fingerprint density at radius 3 is 2.15 bits per heavy atom. The van der Waals surface area contributed by atoms with E-state index >= 15 is 0 Å². The summed E-state index contributed by atoms with van der Waals surface area (Å²) in [5, 5.41) is 0.448. The highest BCUT2D eigenvalue weighted by molar-refractivity contribution is 7.93. The first-order valence-electron chi connectivity index (χ1n) is 7.74.